The van der Waals surface area contributed by atoms with Crippen LogP contribution < -0.4 is 10.5 Å². The van der Waals surface area contributed by atoms with Gasteiger partial charge in [0.2, 0.25) is 0 Å². The zero-order chi connectivity index (χ0) is 14.9. The fourth-order valence-corrected chi connectivity index (χ4v) is 2.60. The van der Waals surface area contributed by atoms with Crippen molar-refractivity contribution in [2.24, 2.45) is 0 Å². The van der Waals surface area contributed by atoms with Gasteiger partial charge in [-0.05, 0) is 17.7 Å². The standard InChI is InChI=1S/C18H13N3O/c22-18-16-15(11-14(19-16)12-7-3-1-4-8-12)20-17(21-18)13-9-5-2-6-10-13/h1-11,19H,(H,20,21,22)/p+1. The normalized spacial score (nSPS) is 10.9. The van der Waals surface area contributed by atoms with Crippen LogP contribution in [0, 0.1) is 0 Å². The highest BCUT2D eigenvalue weighted by Gasteiger charge is 2.15. The van der Waals surface area contributed by atoms with Crippen LogP contribution in [-0.4, -0.2) is 9.97 Å². The topological polar surface area (TPSA) is 62.8 Å². The number of H-pyrrole nitrogens is 3. The number of nitrogens with one attached hydrogen (secondary N) is 3. The first-order valence-corrected chi connectivity index (χ1v) is 7.10. The second-order valence-corrected chi connectivity index (χ2v) is 5.16. The van der Waals surface area contributed by atoms with E-state index in [1.165, 1.54) is 0 Å². The molecule has 106 valence electrons. The lowest BCUT2D eigenvalue weighted by molar-refractivity contribution is -0.335. The molecule has 4 rings (SSSR count). The molecule has 0 aliphatic heterocycles. The van der Waals surface area contributed by atoms with Crippen molar-refractivity contribution in [3.05, 3.63) is 77.1 Å². The van der Waals surface area contributed by atoms with Crippen molar-refractivity contribution in [1.29, 1.82) is 0 Å². The van der Waals surface area contributed by atoms with Gasteiger partial charge in [0.1, 0.15) is 0 Å². The van der Waals surface area contributed by atoms with Gasteiger partial charge in [-0.2, -0.15) is 0 Å². The zero-order valence-corrected chi connectivity index (χ0v) is 11.8. The van der Waals surface area contributed by atoms with Crippen LogP contribution in [-0.2, 0) is 0 Å². The van der Waals surface area contributed by atoms with Gasteiger partial charge >= 0.3 is 5.56 Å². The number of aromatic nitrogens is 3. The van der Waals surface area contributed by atoms with Gasteiger partial charge in [0.25, 0.3) is 5.82 Å². The van der Waals surface area contributed by atoms with Gasteiger partial charge in [-0.15, -0.1) is 0 Å². The quantitative estimate of drug-likeness (QED) is 0.585. The van der Waals surface area contributed by atoms with Gasteiger partial charge in [0.15, 0.2) is 11.0 Å². The lowest BCUT2D eigenvalue weighted by atomic mass is 10.1. The third-order valence-electron chi connectivity index (χ3n) is 3.69. The van der Waals surface area contributed by atoms with Crippen molar-refractivity contribution in [1.82, 2.24) is 9.97 Å². The zero-order valence-electron chi connectivity index (χ0n) is 11.8. The largest absolute Gasteiger partial charge is 0.359 e. The minimum Gasteiger partial charge on any atom is -0.345 e. The van der Waals surface area contributed by atoms with Crippen LogP contribution in [0.1, 0.15) is 0 Å². The molecule has 0 bridgehead atoms. The molecule has 0 saturated carbocycles. The fraction of sp³-hybridized carbons (Fsp3) is 0. The van der Waals surface area contributed by atoms with Gasteiger partial charge in [-0.25, -0.2) is 14.8 Å². The molecule has 0 spiro atoms. The highest BCUT2D eigenvalue weighted by molar-refractivity contribution is 5.80. The molecule has 0 aliphatic carbocycles. The van der Waals surface area contributed by atoms with Crippen LogP contribution in [0.2, 0.25) is 0 Å². The van der Waals surface area contributed by atoms with Crippen LogP contribution in [0.5, 0.6) is 0 Å². The second-order valence-electron chi connectivity index (χ2n) is 5.16. The monoisotopic (exact) mass is 288 g/mol. The Labute approximate surface area is 126 Å². The lowest BCUT2D eigenvalue weighted by Gasteiger charge is -1.94. The van der Waals surface area contributed by atoms with E-state index in [9.17, 15) is 4.79 Å². The van der Waals surface area contributed by atoms with E-state index in [1.54, 1.807) is 0 Å². The van der Waals surface area contributed by atoms with Crippen LogP contribution >= 0.6 is 0 Å². The molecule has 0 atom stereocenters. The summed E-state index contributed by atoms with van der Waals surface area (Å²) in [6.07, 6.45) is 0. The molecule has 2 heterocycles. The Kier molecular flexibility index (Phi) is 2.86. The molecule has 2 aromatic carbocycles. The molecule has 4 nitrogen and oxygen atoms in total. The van der Waals surface area contributed by atoms with Gasteiger partial charge in [-0.1, -0.05) is 48.5 Å². The Morgan fingerprint density at radius 2 is 1.41 bits per heavy atom. The Morgan fingerprint density at radius 1 is 0.773 bits per heavy atom. The van der Waals surface area contributed by atoms with Crippen molar-refractivity contribution in [3.63, 3.8) is 0 Å². The second kappa shape index (κ2) is 5.00. The molecular formula is C18H14N3O+. The van der Waals surface area contributed by atoms with Gasteiger partial charge in [-0.3, -0.25) is 0 Å². The number of aromatic amines is 3. The summed E-state index contributed by atoms with van der Waals surface area (Å²) >= 11 is 0. The highest BCUT2D eigenvalue weighted by Crippen LogP contribution is 2.20. The molecule has 0 radical (unpaired) electrons. The summed E-state index contributed by atoms with van der Waals surface area (Å²) in [5, 5.41) is 0. The summed E-state index contributed by atoms with van der Waals surface area (Å²) in [4.78, 5) is 21.7. The van der Waals surface area contributed by atoms with E-state index in [0.29, 0.717) is 11.3 Å². The minimum atomic E-state index is -0.130. The Hall–Kier alpha value is -3.14. The van der Waals surface area contributed by atoms with E-state index in [2.05, 4.69) is 15.0 Å². The molecule has 2 aromatic heterocycles. The van der Waals surface area contributed by atoms with Crippen LogP contribution in [0.25, 0.3) is 33.7 Å². The number of rotatable bonds is 2. The van der Waals surface area contributed by atoms with Crippen molar-refractivity contribution in [3.8, 4) is 22.6 Å². The molecule has 0 aliphatic rings. The maximum absolute atomic E-state index is 12.3. The highest BCUT2D eigenvalue weighted by atomic mass is 16.1. The third kappa shape index (κ3) is 2.11. The van der Waals surface area contributed by atoms with Crippen molar-refractivity contribution in [2.75, 3.05) is 0 Å². The number of hydrogen-bond donors (Lipinski definition) is 2. The minimum absolute atomic E-state index is 0.130. The maximum atomic E-state index is 12.3. The first-order valence-electron chi connectivity index (χ1n) is 7.10. The average Bonchev–Trinajstić information content (AvgIpc) is 3.01. The third-order valence-corrected chi connectivity index (χ3v) is 3.69. The number of fused-ring (bicyclic) bond motifs is 1. The summed E-state index contributed by atoms with van der Waals surface area (Å²) in [5.74, 6) is 0.705. The van der Waals surface area contributed by atoms with E-state index in [1.807, 2.05) is 66.7 Å². The molecule has 0 fully saturated rings. The Balaban J connectivity index is 1.91. The first kappa shape index (κ1) is 12.6. The summed E-state index contributed by atoms with van der Waals surface area (Å²) in [6, 6.07) is 21.7. The maximum Gasteiger partial charge on any atom is 0.359 e. The molecule has 4 aromatic rings. The van der Waals surface area contributed by atoms with E-state index in [0.717, 1.165) is 22.3 Å². The number of hydrogen-bond acceptors (Lipinski definition) is 1. The van der Waals surface area contributed by atoms with Gasteiger partial charge in [0.05, 0.1) is 11.3 Å². The molecular weight excluding hydrogens is 274 g/mol. The number of benzene rings is 2. The Morgan fingerprint density at radius 3 is 2.09 bits per heavy atom. The van der Waals surface area contributed by atoms with Crippen LogP contribution in [0.4, 0.5) is 0 Å². The summed E-state index contributed by atoms with van der Waals surface area (Å²) in [6.45, 7) is 0. The van der Waals surface area contributed by atoms with E-state index in [-0.39, 0.29) is 5.56 Å². The van der Waals surface area contributed by atoms with E-state index in [4.69, 9.17) is 0 Å². The molecule has 0 saturated heterocycles. The van der Waals surface area contributed by atoms with Crippen LogP contribution in [0.15, 0.2) is 71.5 Å². The average molecular weight is 288 g/mol. The SMILES string of the molecule is O=c1[nH]c(-c2ccccc2)[nH+]c2cc(-c3ccccc3)[nH]c12. The van der Waals surface area contributed by atoms with Crippen molar-refractivity contribution >= 4 is 11.0 Å². The van der Waals surface area contributed by atoms with E-state index < -0.39 is 0 Å². The molecule has 4 heteroatoms. The van der Waals surface area contributed by atoms with E-state index >= 15 is 0 Å². The molecule has 22 heavy (non-hydrogen) atoms. The van der Waals surface area contributed by atoms with Crippen molar-refractivity contribution in [2.45, 2.75) is 0 Å². The van der Waals surface area contributed by atoms with Crippen LogP contribution in [0.3, 0.4) is 0 Å². The predicted molar refractivity (Wildman–Crippen MR) is 86.3 cm³/mol. The lowest BCUT2D eigenvalue weighted by Crippen LogP contribution is -2.19. The summed E-state index contributed by atoms with van der Waals surface area (Å²) < 4.78 is 0. The molecule has 0 unspecified atom stereocenters. The molecule has 3 N–H and O–H groups in total. The fourth-order valence-electron chi connectivity index (χ4n) is 2.60. The summed E-state index contributed by atoms with van der Waals surface area (Å²) in [7, 11) is 0. The Bertz CT molecular complexity index is 985. The van der Waals surface area contributed by atoms with Gasteiger partial charge in [0, 0.05) is 6.07 Å². The predicted octanol–water partition coefficient (Wildman–Crippen LogP) is 3.00. The van der Waals surface area contributed by atoms with Gasteiger partial charge < -0.3 is 4.98 Å². The molecule has 0 amide bonds. The smallest absolute Gasteiger partial charge is 0.345 e. The first-order chi connectivity index (χ1) is 10.8. The van der Waals surface area contributed by atoms with Crippen molar-refractivity contribution < 1.29 is 4.98 Å². The summed E-state index contributed by atoms with van der Waals surface area (Å²) in [5.41, 5.74) is 4.13.